The molecule has 5 heteroatoms. The first-order chi connectivity index (χ1) is 8.69. The summed E-state index contributed by atoms with van der Waals surface area (Å²) in [6.45, 7) is 5.31. The van der Waals surface area contributed by atoms with E-state index in [1.807, 2.05) is 38.1 Å². The lowest BCUT2D eigenvalue weighted by atomic mass is 9.93. The summed E-state index contributed by atoms with van der Waals surface area (Å²) in [5.41, 5.74) is 0.366. The van der Waals surface area contributed by atoms with E-state index in [0.717, 1.165) is 11.3 Å². The molecule has 0 amide bonds. The molecule has 1 aliphatic heterocycles. The van der Waals surface area contributed by atoms with E-state index in [1.165, 1.54) is 0 Å². The topological polar surface area (TPSA) is 21.3 Å². The zero-order chi connectivity index (χ0) is 14.3. The molecular formula is C14H18F3NO. The molecule has 0 fully saturated rings. The first-order valence-electron chi connectivity index (χ1n) is 6.30. The molecule has 1 heterocycles. The zero-order valence-electron chi connectivity index (χ0n) is 11.2. The molecule has 0 saturated heterocycles. The Morgan fingerprint density at radius 1 is 1.32 bits per heavy atom. The fourth-order valence-electron chi connectivity index (χ4n) is 2.51. The Labute approximate surface area is 111 Å². The minimum atomic E-state index is -4.16. The number of alkyl halides is 3. The minimum Gasteiger partial charge on any atom is -0.486 e. The van der Waals surface area contributed by atoms with Crippen LogP contribution in [0.2, 0.25) is 0 Å². The average molecular weight is 273 g/mol. The first kappa shape index (κ1) is 14.2. The van der Waals surface area contributed by atoms with Gasteiger partial charge in [0.2, 0.25) is 0 Å². The van der Waals surface area contributed by atoms with Crippen molar-refractivity contribution in [1.29, 1.82) is 0 Å². The van der Waals surface area contributed by atoms with Gasteiger partial charge in [-0.1, -0.05) is 18.2 Å². The number of halogens is 3. The SMILES string of the molecule is CC(CC(F)(F)F)NC1c2ccccc2OC1(C)C. The Balaban J connectivity index is 2.15. The number of hydrogen-bond acceptors (Lipinski definition) is 2. The monoisotopic (exact) mass is 273 g/mol. The first-order valence-corrected chi connectivity index (χ1v) is 6.30. The zero-order valence-corrected chi connectivity index (χ0v) is 11.2. The molecule has 0 spiro atoms. The highest BCUT2D eigenvalue weighted by molar-refractivity contribution is 5.42. The van der Waals surface area contributed by atoms with Crippen LogP contribution in [-0.4, -0.2) is 17.8 Å². The fourth-order valence-corrected chi connectivity index (χ4v) is 2.51. The Bertz CT molecular complexity index is 456. The van der Waals surface area contributed by atoms with Crippen LogP contribution in [-0.2, 0) is 0 Å². The third-order valence-corrected chi connectivity index (χ3v) is 3.29. The number of fused-ring (bicyclic) bond motifs is 1. The Kier molecular flexibility index (Phi) is 3.51. The van der Waals surface area contributed by atoms with E-state index in [4.69, 9.17) is 4.74 Å². The van der Waals surface area contributed by atoms with Crippen LogP contribution in [0.4, 0.5) is 13.2 Å². The standard InChI is InChI=1S/C14H18F3NO/c1-9(8-14(15,16)17)18-12-10-6-4-5-7-11(10)19-13(12,2)3/h4-7,9,12,18H,8H2,1-3H3. The highest BCUT2D eigenvalue weighted by Crippen LogP contribution is 2.43. The number of nitrogens with one attached hydrogen (secondary N) is 1. The van der Waals surface area contributed by atoms with E-state index in [0.29, 0.717) is 0 Å². The van der Waals surface area contributed by atoms with Crippen LogP contribution >= 0.6 is 0 Å². The van der Waals surface area contributed by atoms with Gasteiger partial charge >= 0.3 is 6.18 Å². The van der Waals surface area contributed by atoms with Gasteiger partial charge in [-0.15, -0.1) is 0 Å². The minimum absolute atomic E-state index is 0.235. The van der Waals surface area contributed by atoms with Gasteiger partial charge in [0, 0.05) is 11.6 Å². The fraction of sp³-hybridized carbons (Fsp3) is 0.571. The lowest BCUT2D eigenvalue weighted by Gasteiger charge is -2.30. The molecule has 1 aliphatic rings. The lowest BCUT2D eigenvalue weighted by molar-refractivity contribution is -0.140. The van der Waals surface area contributed by atoms with Crippen LogP contribution in [0.25, 0.3) is 0 Å². The number of rotatable bonds is 3. The van der Waals surface area contributed by atoms with Crippen molar-refractivity contribution >= 4 is 0 Å². The molecule has 0 radical (unpaired) electrons. The molecule has 2 nitrogen and oxygen atoms in total. The van der Waals surface area contributed by atoms with Crippen molar-refractivity contribution in [2.24, 2.45) is 0 Å². The van der Waals surface area contributed by atoms with E-state index in [-0.39, 0.29) is 6.04 Å². The summed E-state index contributed by atoms with van der Waals surface area (Å²) in [6, 6.07) is 6.57. The van der Waals surface area contributed by atoms with Gasteiger partial charge in [-0.3, -0.25) is 0 Å². The third-order valence-electron chi connectivity index (χ3n) is 3.29. The number of benzene rings is 1. The summed E-state index contributed by atoms with van der Waals surface area (Å²) in [5.74, 6) is 0.740. The summed E-state index contributed by atoms with van der Waals surface area (Å²) in [7, 11) is 0. The van der Waals surface area contributed by atoms with Crippen molar-refractivity contribution in [3.05, 3.63) is 29.8 Å². The molecule has 19 heavy (non-hydrogen) atoms. The number of hydrogen-bond donors (Lipinski definition) is 1. The van der Waals surface area contributed by atoms with Gasteiger partial charge in [0.15, 0.2) is 0 Å². The van der Waals surface area contributed by atoms with Crippen LogP contribution in [0.15, 0.2) is 24.3 Å². The van der Waals surface area contributed by atoms with Crippen molar-refractivity contribution in [2.75, 3.05) is 0 Å². The molecule has 2 unspecified atom stereocenters. The van der Waals surface area contributed by atoms with Crippen LogP contribution in [0.3, 0.4) is 0 Å². The summed E-state index contributed by atoms with van der Waals surface area (Å²) in [5, 5.41) is 3.04. The predicted molar refractivity (Wildman–Crippen MR) is 67.2 cm³/mol. The molecule has 1 aromatic rings. The maximum atomic E-state index is 12.4. The Morgan fingerprint density at radius 2 is 1.95 bits per heavy atom. The van der Waals surface area contributed by atoms with Crippen LogP contribution in [0.1, 0.15) is 38.8 Å². The highest BCUT2D eigenvalue weighted by atomic mass is 19.4. The molecule has 0 saturated carbocycles. The highest BCUT2D eigenvalue weighted by Gasteiger charge is 2.42. The largest absolute Gasteiger partial charge is 0.486 e. The molecule has 1 N–H and O–H groups in total. The molecule has 0 aromatic heterocycles. The second-order valence-corrected chi connectivity index (χ2v) is 5.56. The molecule has 0 aliphatic carbocycles. The third kappa shape index (κ3) is 3.21. The van der Waals surface area contributed by atoms with Crippen molar-refractivity contribution in [1.82, 2.24) is 5.32 Å². The van der Waals surface area contributed by atoms with E-state index in [2.05, 4.69) is 5.32 Å². The van der Waals surface area contributed by atoms with Crippen LogP contribution < -0.4 is 10.1 Å². The lowest BCUT2D eigenvalue weighted by Crippen LogP contribution is -2.44. The summed E-state index contributed by atoms with van der Waals surface area (Å²) < 4.78 is 43.0. The number of ether oxygens (including phenoxy) is 1. The Hall–Kier alpha value is -1.23. The maximum absolute atomic E-state index is 12.4. The molecule has 1 aromatic carbocycles. The van der Waals surface area contributed by atoms with Gasteiger partial charge in [0.1, 0.15) is 11.4 Å². The van der Waals surface area contributed by atoms with Gasteiger partial charge < -0.3 is 10.1 Å². The normalized spacial score (nSPS) is 22.7. The second kappa shape index (κ2) is 4.71. The summed E-state index contributed by atoms with van der Waals surface area (Å²) in [4.78, 5) is 0. The predicted octanol–water partition coefficient (Wildman–Crippen LogP) is 3.83. The van der Waals surface area contributed by atoms with Crippen molar-refractivity contribution < 1.29 is 17.9 Å². The van der Waals surface area contributed by atoms with E-state index in [1.54, 1.807) is 6.92 Å². The van der Waals surface area contributed by atoms with E-state index < -0.39 is 24.2 Å². The smallest absolute Gasteiger partial charge is 0.390 e. The van der Waals surface area contributed by atoms with Gasteiger partial charge in [0.05, 0.1) is 12.5 Å². The maximum Gasteiger partial charge on any atom is 0.390 e. The molecule has 2 rings (SSSR count). The van der Waals surface area contributed by atoms with E-state index in [9.17, 15) is 13.2 Å². The molecule has 106 valence electrons. The van der Waals surface area contributed by atoms with Gasteiger partial charge in [0.25, 0.3) is 0 Å². The quantitative estimate of drug-likeness (QED) is 0.903. The second-order valence-electron chi connectivity index (χ2n) is 5.56. The summed E-state index contributed by atoms with van der Waals surface area (Å²) in [6.07, 6.45) is -5.00. The molecule has 2 atom stereocenters. The van der Waals surface area contributed by atoms with Gasteiger partial charge in [-0.25, -0.2) is 0 Å². The van der Waals surface area contributed by atoms with Gasteiger partial charge in [-0.05, 0) is 26.8 Å². The van der Waals surface area contributed by atoms with Gasteiger partial charge in [-0.2, -0.15) is 13.2 Å². The van der Waals surface area contributed by atoms with Crippen LogP contribution in [0.5, 0.6) is 5.75 Å². The van der Waals surface area contributed by atoms with Crippen LogP contribution in [0, 0.1) is 0 Å². The number of para-hydroxylation sites is 1. The average Bonchev–Trinajstić information content (AvgIpc) is 2.47. The summed E-state index contributed by atoms with van der Waals surface area (Å²) >= 11 is 0. The van der Waals surface area contributed by atoms with Crippen molar-refractivity contribution in [3.8, 4) is 5.75 Å². The Morgan fingerprint density at radius 3 is 2.58 bits per heavy atom. The van der Waals surface area contributed by atoms with Crippen molar-refractivity contribution in [3.63, 3.8) is 0 Å². The van der Waals surface area contributed by atoms with Crippen molar-refractivity contribution in [2.45, 2.75) is 51.1 Å². The van der Waals surface area contributed by atoms with E-state index >= 15 is 0 Å². The molecule has 0 bridgehead atoms. The molecular weight excluding hydrogens is 255 g/mol.